The molecule has 0 atom stereocenters. The van der Waals surface area contributed by atoms with Gasteiger partial charge >= 0.3 is 0 Å². The highest BCUT2D eigenvalue weighted by Gasteiger charge is 2.38. The fraction of sp³-hybridized carbons (Fsp3) is 0.176. The Morgan fingerprint density at radius 1 is 1.18 bits per heavy atom. The second-order valence-electron chi connectivity index (χ2n) is 5.80. The van der Waals surface area contributed by atoms with Gasteiger partial charge in [0.1, 0.15) is 5.82 Å². The smallest absolute Gasteiger partial charge is 0.255 e. The van der Waals surface area contributed by atoms with Crippen molar-refractivity contribution in [1.29, 1.82) is 0 Å². The van der Waals surface area contributed by atoms with E-state index >= 15 is 0 Å². The van der Waals surface area contributed by atoms with Gasteiger partial charge in [-0.15, -0.1) is 0 Å². The third-order valence-electron chi connectivity index (χ3n) is 3.85. The highest BCUT2D eigenvalue weighted by Crippen LogP contribution is 2.38. The molecule has 0 spiro atoms. The molecule has 0 unspecified atom stereocenters. The number of fused-ring (bicyclic) bond motifs is 1. The van der Waals surface area contributed by atoms with Crippen molar-refractivity contribution >= 4 is 23.2 Å². The van der Waals surface area contributed by atoms with Crippen LogP contribution in [-0.4, -0.2) is 11.8 Å². The van der Waals surface area contributed by atoms with Crippen LogP contribution in [0, 0.1) is 5.82 Å². The van der Waals surface area contributed by atoms with Gasteiger partial charge in [-0.25, -0.2) is 4.39 Å². The molecule has 0 bridgehead atoms. The maximum atomic E-state index is 13.2. The molecule has 1 aliphatic heterocycles. The summed E-state index contributed by atoms with van der Waals surface area (Å²) in [6, 6.07) is 10.7. The van der Waals surface area contributed by atoms with Crippen LogP contribution in [0.4, 0.5) is 15.8 Å². The Hall–Kier alpha value is -2.69. The van der Waals surface area contributed by atoms with Crippen LogP contribution < -0.4 is 10.6 Å². The van der Waals surface area contributed by atoms with Crippen molar-refractivity contribution in [2.24, 2.45) is 0 Å². The maximum Gasteiger partial charge on any atom is 0.255 e. The summed E-state index contributed by atoms with van der Waals surface area (Å²) in [4.78, 5) is 24.0. The van der Waals surface area contributed by atoms with Crippen molar-refractivity contribution in [2.75, 3.05) is 10.6 Å². The predicted molar refractivity (Wildman–Crippen MR) is 82.5 cm³/mol. The van der Waals surface area contributed by atoms with Crippen molar-refractivity contribution in [1.82, 2.24) is 0 Å². The molecular weight excluding hydrogens is 283 g/mol. The van der Waals surface area contributed by atoms with Gasteiger partial charge in [-0.2, -0.15) is 0 Å². The van der Waals surface area contributed by atoms with Crippen molar-refractivity contribution in [3.05, 3.63) is 59.4 Å². The van der Waals surface area contributed by atoms with E-state index in [1.54, 1.807) is 24.3 Å². The van der Waals surface area contributed by atoms with Gasteiger partial charge in [0.15, 0.2) is 0 Å². The Morgan fingerprint density at radius 3 is 2.68 bits per heavy atom. The Balaban J connectivity index is 1.87. The molecule has 2 amide bonds. The quantitative estimate of drug-likeness (QED) is 0.893. The molecule has 2 aromatic rings. The number of rotatable bonds is 2. The van der Waals surface area contributed by atoms with E-state index in [1.165, 1.54) is 18.2 Å². The number of halogens is 1. The average Bonchev–Trinajstić information content (AvgIpc) is 2.70. The van der Waals surface area contributed by atoms with E-state index in [0.29, 0.717) is 5.69 Å². The minimum absolute atomic E-state index is 0.0730. The van der Waals surface area contributed by atoms with Crippen LogP contribution in [0.25, 0.3) is 0 Å². The Labute approximate surface area is 127 Å². The van der Waals surface area contributed by atoms with Crippen molar-refractivity contribution < 1.29 is 14.0 Å². The number of amides is 2. The van der Waals surface area contributed by atoms with Crippen LogP contribution in [-0.2, 0) is 10.2 Å². The summed E-state index contributed by atoms with van der Waals surface area (Å²) < 4.78 is 13.2. The standard InChI is InChI=1S/C17H15FN2O2/c1-17(2)13-9-12(6-7-14(13)20-16(17)22)19-15(21)10-4-3-5-11(18)8-10/h3-9H,1-2H3,(H,19,21)(H,20,22). The highest BCUT2D eigenvalue weighted by atomic mass is 19.1. The second-order valence-corrected chi connectivity index (χ2v) is 5.80. The Morgan fingerprint density at radius 2 is 1.95 bits per heavy atom. The molecule has 0 aromatic heterocycles. The minimum Gasteiger partial charge on any atom is -0.325 e. The van der Waals surface area contributed by atoms with Crippen molar-refractivity contribution in [3.8, 4) is 0 Å². The molecule has 2 N–H and O–H groups in total. The van der Waals surface area contributed by atoms with E-state index in [2.05, 4.69) is 10.6 Å². The molecule has 22 heavy (non-hydrogen) atoms. The average molecular weight is 298 g/mol. The summed E-state index contributed by atoms with van der Waals surface area (Å²) in [6.45, 7) is 3.65. The lowest BCUT2D eigenvalue weighted by Crippen LogP contribution is -2.26. The van der Waals surface area contributed by atoms with Crippen LogP contribution in [0.15, 0.2) is 42.5 Å². The molecule has 0 saturated heterocycles. The monoisotopic (exact) mass is 298 g/mol. The van der Waals surface area contributed by atoms with Crippen LogP contribution in [0.2, 0.25) is 0 Å². The lowest BCUT2D eigenvalue weighted by atomic mass is 9.86. The highest BCUT2D eigenvalue weighted by molar-refractivity contribution is 6.07. The van der Waals surface area contributed by atoms with Gasteiger partial charge in [0.05, 0.1) is 5.41 Å². The first-order valence-corrected chi connectivity index (χ1v) is 6.91. The summed E-state index contributed by atoms with van der Waals surface area (Å²) in [5, 5.41) is 5.53. The van der Waals surface area contributed by atoms with E-state index in [1.807, 2.05) is 13.8 Å². The molecular formula is C17H15FN2O2. The van der Waals surface area contributed by atoms with E-state index in [4.69, 9.17) is 0 Å². The largest absolute Gasteiger partial charge is 0.325 e. The molecule has 0 fully saturated rings. The zero-order valence-corrected chi connectivity index (χ0v) is 12.2. The third kappa shape index (κ3) is 2.35. The minimum atomic E-state index is -0.644. The van der Waals surface area contributed by atoms with Crippen LogP contribution in [0.1, 0.15) is 29.8 Å². The van der Waals surface area contributed by atoms with Crippen LogP contribution >= 0.6 is 0 Å². The molecule has 112 valence electrons. The molecule has 0 saturated carbocycles. The molecule has 0 radical (unpaired) electrons. The Bertz CT molecular complexity index is 784. The first kappa shape index (κ1) is 14.3. The van der Waals surface area contributed by atoms with Gasteiger partial charge in [-0.05, 0) is 55.8 Å². The number of nitrogens with one attached hydrogen (secondary N) is 2. The lowest BCUT2D eigenvalue weighted by Gasteiger charge is -2.16. The van der Waals surface area contributed by atoms with Gasteiger partial charge in [-0.1, -0.05) is 6.07 Å². The second kappa shape index (κ2) is 4.94. The first-order valence-electron chi connectivity index (χ1n) is 6.91. The van der Waals surface area contributed by atoms with Gasteiger partial charge in [0.2, 0.25) is 5.91 Å². The van der Waals surface area contributed by atoms with Gasteiger partial charge in [-0.3, -0.25) is 9.59 Å². The lowest BCUT2D eigenvalue weighted by molar-refractivity contribution is -0.119. The summed E-state index contributed by atoms with van der Waals surface area (Å²) in [5.41, 5.74) is 1.74. The van der Waals surface area contributed by atoms with E-state index in [0.717, 1.165) is 11.3 Å². The predicted octanol–water partition coefficient (Wildman–Crippen LogP) is 3.31. The number of hydrogen-bond acceptors (Lipinski definition) is 2. The summed E-state index contributed by atoms with van der Waals surface area (Å²) in [6.07, 6.45) is 0. The van der Waals surface area contributed by atoms with Crippen LogP contribution in [0.5, 0.6) is 0 Å². The van der Waals surface area contributed by atoms with Gasteiger partial charge in [0.25, 0.3) is 5.91 Å². The normalized spacial score (nSPS) is 15.1. The molecule has 4 nitrogen and oxygen atoms in total. The Kier molecular flexibility index (Phi) is 3.20. The van der Waals surface area contributed by atoms with Crippen molar-refractivity contribution in [2.45, 2.75) is 19.3 Å². The third-order valence-corrected chi connectivity index (χ3v) is 3.85. The number of hydrogen-bond donors (Lipinski definition) is 2. The molecule has 5 heteroatoms. The molecule has 3 rings (SSSR count). The maximum absolute atomic E-state index is 13.2. The van der Waals surface area contributed by atoms with Crippen molar-refractivity contribution in [3.63, 3.8) is 0 Å². The zero-order chi connectivity index (χ0) is 15.9. The molecule has 2 aromatic carbocycles. The topological polar surface area (TPSA) is 58.2 Å². The fourth-order valence-electron chi connectivity index (χ4n) is 2.48. The van der Waals surface area contributed by atoms with E-state index in [9.17, 15) is 14.0 Å². The zero-order valence-electron chi connectivity index (χ0n) is 12.2. The first-order chi connectivity index (χ1) is 10.4. The SMILES string of the molecule is CC1(C)C(=O)Nc2ccc(NC(=O)c3cccc(F)c3)cc21. The molecule has 1 heterocycles. The summed E-state index contributed by atoms with van der Waals surface area (Å²) >= 11 is 0. The van der Waals surface area contributed by atoms with Gasteiger partial charge < -0.3 is 10.6 Å². The van der Waals surface area contributed by atoms with Crippen LogP contribution in [0.3, 0.4) is 0 Å². The molecule has 1 aliphatic rings. The fourth-order valence-corrected chi connectivity index (χ4v) is 2.48. The molecule has 0 aliphatic carbocycles. The van der Waals surface area contributed by atoms with E-state index in [-0.39, 0.29) is 11.5 Å². The summed E-state index contributed by atoms with van der Waals surface area (Å²) in [5.74, 6) is -0.928. The number of anilines is 2. The van der Waals surface area contributed by atoms with E-state index < -0.39 is 17.1 Å². The summed E-state index contributed by atoms with van der Waals surface area (Å²) in [7, 11) is 0. The number of benzene rings is 2. The van der Waals surface area contributed by atoms with Gasteiger partial charge in [0, 0.05) is 16.9 Å². The number of carbonyl (C=O) groups excluding carboxylic acids is 2. The number of carbonyl (C=O) groups is 2.